The van der Waals surface area contributed by atoms with Gasteiger partial charge in [-0.3, -0.25) is 9.59 Å². The summed E-state index contributed by atoms with van der Waals surface area (Å²) < 4.78 is 12.8. The fourth-order valence-electron chi connectivity index (χ4n) is 2.59. The first kappa shape index (κ1) is 15.8. The first-order chi connectivity index (χ1) is 11.1. The number of anilines is 1. The van der Waals surface area contributed by atoms with Crippen molar-refractivity contribution in [3.63, 3.8) is 0 Å². The molecule has 1 aromatic heterocycles. The summed E-state index contributed by atoms with van der Waals surface area (Å²) in [4.78, 5) is 29.6. The van der Waals surface area contributed by atoms with Crippen LogP contribution in [0.1, 0.15) is 46.6 Å². The third-order valence-electron chi connectivity index (χ3n) is 3.84. The molecule has 4 nitrogen and oxygen atoms in total. The number of benzene rings is 1. The lowest BCUT2D eigenvalue weighted by Crippen LogP contribution is -2.13. The molecule has 120 valence electrons. The van der Waals surface area contributed by atoms with E-state index in [1.54, 1.807) is 0 Å². The topological polar surface area (TPSA) is 59.1 Å². The highest BCUT2D eigenvalue weighted by Crippen LogP contribution is 2.29. The van der Waals surface area contributed by atoms with E-state index in [1.165, 1.54) is 46.9 Å². The number of aryl methyl sites for hydroxylation is 2. The summed E-state index contributed by atoms with van der Waals surface area (Å²) in [5.41, 5.74) is 1.52. The van der Waals surface area contributed by atoms with Crippen molar-refractivity contribution in [2.24, 2.45) is 0 Å². The summed E-state index contributed by atoms with van der Waals surface area (Å²) in [6.45, 7) is 0. The van der Waals surface area contributed by atoms with Gasteiger partial charge in [0, 0.05) is 23.3 Å². The van der Waals surface area contributed by atoms with Crippen molar-refractivity contribution >= 4 is 28.2 Å². The maximum Gasteiger partial charge on any atom is 0.226 e. The van der Waals surface area contributed by atoms with E-state index in [9.17, 15) is 14.0 Å². The predicted octanol–water partition coefficient (Wildman–Crippen LogP) is 3.76. The zero-order valence-corrected chi connectivity index (χ0v) is 13.4. The maximum absolute atomic E-state index is 12.8. The van der Waals surface area contributed by atoms with E-state index in [-0.39, 0.29) is 30.3 Å². The van der Waals surface area contributed by atoms with Crippen LogP contribution in [0.4, 0.5) is 9.52 Å². The molecule has 1 aromatic carbocycles. The van der Waals surface area contributed by atoms with E-state index < -0.39 is 0 Å². The van der Waals surface area contributed by atoms with E-state index in [1.807, 2.05) is 0 Å². The summed E-state index contributed by atoms with van der Waals surface area (Å²) >= 11 is 1.53. The Kier molecular flexibility index (Phi) is 4.81. The molecule has 0 fully saturated rings. The van der Waals surface area contributed by atoms with Crippen molar-refractivity contribution in [2.45, 2.75) is 38.5 Å². The number of hydrogen-bond donors (Lipinski definition) is 1. The third kappa shape index (κ3) is 4.01. The fraction of sp³-hybridized carbons (Fsp3) is 0.353. The highest BCUT2D eigenvalue weighted by molar-refractivity contribution is 7.15. The Morgan fingerprint density at radius 2 is 1.87 bits per heavy atom. The second kappa shape index (κ2) is 7.00. The van der Waals surface area contributed by atoms with Crippen LogP contribution in [-0.4, -0.2) is 16.7 Å². The molecule has 1 N–H and O–H groups in total. The van der Waals surface area contributed by atoms with E-state index >= 15 is 0 Å². The molecular weight excluding hydrogens is 315 g/mol. The monoisotopic (exact) mass is 332 g/mol. The summed E-state index contributed by atoms with van der Waals surface area (Å²) in [5, 5.41) is 3.39. The van der Waals surface area contributed by atoms with Crippen LogP contribution in [0.2, 0.25) is 0 Å². The molecule has 0 atom stereocenters. The molecule has 3 rings (SSSR count). The molecule has 0 unspecified atom stereocenters. The largest absolute Gasteiger partial charge is 0.302 e. The lowest BCUT2D eigenvalue weighted by Gasteiger charge is -2.06. The van der Waals surface area contributed by atoms with Crippen LogP contribution in [0.3, 0.4) is 0 Å². The average Bonchev–Trinajstić information content (AvgIpc) is 2.95. The van der Waals surface area contributed by atoms with Gasteiger partial charge in [0.25, 0.3) is 0 Å². The van der Waals surface area contributed by atoms with Gasteiger partial charge in [-0.2, -0.15) is 0 Å². The van der Waals surface area contributed by atoms with Crippen LogP contribution in [-0.2, 0) is 17.6 Å². The number of thiazole rings is 1. The summed E-state index contributed by atoms with van der Waals surface area (Å²) in [6.07, 6.45) is 4.53. The fourth-order valence-corrected chi connectivity index (χ4v) is 3.66. The van der Waals surface area contributed by atoms with Crippen LogP contribution in [0.5, 0.6) is 0 Å². The maximum atomic E-state index is 12.8. The number of Topliss-reactive ketones (excluding diaryl/α,β-unsaturated/α-hetero) is 1. The molecule has 1 heterocycles. The summed E-state index contributed by atoms with van der Waals surface area (Å²) in [7, 11) is 0. The molecule has 1 aliphatic rings. The van der Waals surface area contributed by atoms with Gasteiger partial charge in [0.15, 0.2) is 10.9 Å². The number of ketones is 1. The van der Waals surface area contributed by atoms with Gasteiger partial charge in [0.2, 0.25) is 5.91 Å². The number of rotatable bonds is 5. The molecule has 0 spiro atoms. The number of amides is 1. The third-order valence-corrected chi connectivity index (χ3v) is 4.91. The van der Waals surface area contributed by atoms with Crippen molar-refractivity contribution in [3.05, 3.63) is 46.2 Å². The van der Waals surface area contributed by atoms with Gasteiger partial charge in [0.05, 0.1) is 5.69 Å². The highest BCUT2D eigenvalue weighted by atomic mass is 32.1. The molecule has 0 aliphatic heterocycles. The number of aromatic nitrogens is 1. The lowest BCUT2D eigenvalue weighted by atomic mass is 10.0. The Morgan fingerprint density at radius 1 is 1.13 bits per heavy atom. The Bertz CT molecular complexity index is 701. The quantitative estimate of drug-likeness (QED) is 0.848. The second-order valence-electron chi connectivity index (χ2n) is 5.57. The van der Waals surface area contributed by atoms with Gasteiger partial charge in [-0.25, -0.2) is 9.37 Å². The number of carbonyl (C=O) groups is 2. The predicted molar refractivity (Wildman–Crippen MR) is 87.4 cm³/mol. The molecule has 0 saturated carbocycles. The molecule has 1 amide bonds. The molecule has 0 saturated heterocycles. The van der Waals surface area contributed by atoms with Gasteiger partial charge in [0.1, 0.15) is 5.82 Å². The Balaban J connectivity index is 1.52. The zero-order valence-electron chi connectivity index (χ0n) is 12.6. The van der Waals surface area contributed by atoms with Gasteiger partial charge in [-0.15, -0.1) is 11.3 Å². The Morgan fingerprint density at radius 3 is 2.61 bits per heavy atom. The van der Waals surface area contributed by atoms with E-state index in [4.69, 9.17) is 0 Å². The van der Waals surface area contributed by atoms with Crippen LogP contribution < -0.4 is 5.32 Å². The summed E-state index contributed by atoms with van der Waals surface area (Å²) in [6, 6.07) is 5.36. The molecule has 0 radical (unpaired) electrons. The van der Waals surface area contributed by atoms with Crippen LogP contribution in [0.25, 0.3) is 0 Å². The van der Waals surface area contributed by atoms with Gasteiger partial charge < -0.3 is 5.32 Å². The van der Waals surface area contributed by atoms with E-state index in [0.29, 0.717) is 10.7 Å². The first-order valence-electron chi connectivity index (χ1n) is 7.69. The zero-order chi connectivity index (χ0) is 16.2. The van der Waals surface area contributed by atoms with Crippen molar-refractivity contribution in [3.8, 4) is 0 Å². The van der Waals surface area contributed by atoms with E-state index in [2.05, 4.69) is 10.3 Å². The van der Waals surface area contributed by atoms with Crippen LogP contribution >= 0.6 is 11.3 Å². The Hall–Kier alpha value is -2.08. The minimum absolute atomic E-state index is 0.0977. The molecule has 23 heavy (non-hydrogen) atoms. The standard InChI is InChI=1S/C17H17FN2O2S/c18-12-7-5-11(6-8-12)14(21)9-10-16(22)20-17-19-13-3-1-2-4-15(13)23-17/h5-8H,1-4,9-10H2,(H,19,20,22). The average molecular weight is 332 g/mol. The summed E-state index contributed by atoms with van der Waals surface area (Å²) in [5.74, 6) is -0.767. The molecule has 6 heteroatoms. The number of hydrogen-bond acceptors (Lipinski definition) is 4. The van der Waals surface area contributed by atoms with Crippen LogP contribution in [0.15, 0.2) is 24.3 Å². The minimum atomic E-state index is -0.382. The van der Waals surface area contributed by atoms with E-state index in [0.717, 1.165) is 25.0 Å². The van der Waals surface area contributed by atoms with Gasteiger partial charge >= 0.3 is 0 Å². The molecule has 0 bridgehead atoms. The number of nitrogens with one attached hydrogen (secondary N) is 1. The lowest BCUT2D eigenvalue weighted by molar-refractivity contribution is -0.116. The molecule has 1 aliphatic carbocycles. The number of nitrogens with zero attached hydrogens (tertiary/aromatic N) is 1. The number of halogens is 1. The second-order valence-corrected chi connectivity index (χ2v) is 6.66. The molecular formula is C17H17FN2O2S. The van der Waals surface area contributed by atoms with Gasteiger partial charge in [-0.1, -0.05) is 0 Å². The van der Waals surface area contributed by atoms with Crippen molar-refractivity contribution in [1.29, 1.82) is 0 Å². The number of carbonyl (C=O) groups excluding carboxylic acids is 2. The van der Waals surface area contributed by atoms with Crippen molar-refractivity contribution < 1.29 is 14.0 Å². The first-order valence-corrected chi connectivity index (χ1v) is 8.50. The van der Waals surface area contributed by atoms with Crippen molar-refractivity contribution in [1.82, 2.24) is 4.98 Å². The smallest absolute Gasteiger partial charge is 0.226 e. The van der Waals surface area contributed by atoms with Crippen LogP contribution in [0, 0.1) is 5.82 Å². The van der Waals surface area contributed by atoms with Gasteiger partial charge in [-0.05, 0) is 49.9 Å². The normalized spacial score (nSPS) is 13.4. The Labute approximate surface area is 137 Å². The molecule has 2 aromatic rings. The van der Waals surface area contributed by atoms with Crippen molar-refractivity contribution in [2.75, 3.05) is 5.32 Å². The highest BCUT2D eigenvalue weighted by Gasteiger charge is 2.17. The minimum Gasteiger partial charge on any atom is -0.302 e. The number of fused-ring (bicyclic) bond motifs is 1. The SMILES string of the molecule is O=C(CCC(=O)c1ccc(F)cc1)Nc1nc2c(s1)CCCC2.